The van der Waals surface area contributed by atoms with E-state index in [2.05, 4.69) is 15.0 Å². The van der Waals surface area contributed by atoms with Gasteiger partial charge in [-0.3, -0.25) is 4.79 Å². The van der Waals surface area contributed by atoms with Crippen molar-refractivity contribution in [2.24, 2.45) is 0 Å². The number of piperidine rings is 1. The molecule has 1 fully saturated rings. The molecule has 122 valence electrons. The number of thiazole rings is 1. The Morgan fingerprint density at radius 1 is 1.30 bits per heavy atom. The third-order valence-electron chi connectivity index (χ3n) is 3.84. The molecule has 0 saturated carbocycles. The molecule has 3 heterocycles. The van der Waals surface area contributed by atoms with Crippen LogP contribution in [-0.2, 0) is 0 Å². The third kappa shape index (κ3) is 3.67. The van der Waals surface area contributed by atoms with Crippen molar-refractivity contribution in [2.75, 3.05) is 13.1 Å². The van der Waals surface area contributed by atoms with Crippen LogP contribution in [0.15, 0.2) is 11.6 Å². The Labute approximate surface area is 139 Å². The van der Waals surface area contributed by atoms with Crippen LogP contribution in [0.4, 0.5) is 0 Å². The molecule has 1 amide bonds. The minimum Gasteiger partial charge on any atom is -0.458 e. The lowest BCUT2D eigenvalue weighted by Gasteiger charge is -2.32. The molecule has 0 N–H and O–H groups in total. The standard InChI is InChI=1S/C16H20N4O2S/c1-10-7-11(2)19-16(18-10)22-13-5-4-6-20(8-13)15(21)14-12(3)17-9-23-14/h7,9,13H,4-6,8H2,1-3H3/t13-/m0/s1. The van der Waals surface area contributed by atoms with Crippen LogP contribution < -0.4 is 4.74 Å². The Morgan fingerprint density at radius 3 is 2.70 bits per heavy atom. The number of carbonyl (C=O) groups excluding carboxylic acids is 1. The van der Waals surface area contributed by atoms with E-state index in [-0.39, 0.29) is 12.0 Å². The lowest BCUT2D eigenvalue weighted by molar-refractivity contribution is 0.0518. The van der Waals surface area contributed by atoms with Gasteiger partial charge in [0.15, 0.2) is 0 Å². The maximum absolute atomic E-state index is 12.6. The van der Waals surface area contributed by atoms with Crippen molar-refractivity contribution >= 4 is 17.2 Å². The van der Waals surface area contributed by atoms with Gasteiger partial charge in [-0.1, -0.05) is 0 Å². The summed E-state index contributed by atoms with van der Waals surface area (Å²) < 4.78 is 5.92. The van der Waals surface area contributed by atoms with Crippen LogP contribution in [0.2, 0.25) is 0 Å². The highest BCUT2D eigenvalue weighted by atomic mass is 32.1. The Morgan fingerprint density at radius 2 is 2.04 bits per heavy atom. The summed E-state index contributed by atoms with van der Waals surface area (Å²) in [6, 6.07) is 2.31. The van der Waals surface area contributed by atoms with E-state index in [1.54, 1.807) is 5.51 Å². The molecule has 2 aromatic heterocycles. The fraction of sp³-hybridized carbons (Fsp3) is 0.500. The number of nitrogens with zero attached hydrogens (tertiary/aromatic N) is 4. The molecule has 2 aromatic rings. The fourth-order valence-electron chi connectivity index (χ4n) is 2.76. The number of hydrogen-bond acceptors (Lipinski definition) is 6. The van der Waals surface area contributed by atoms with Gasteiger partial charge in [-0.2, -0.15) is 0 Å². The summed E-state index contributed by atoms with van der Waals surface area (Å²) in [6.45, 7) is 7.02. The molecule has 6 nitrogen and oxygen atoms in total. The van der Waals surface area contributed by atoms with Crippen LogP contribution in [-0.4, -0.2) is 45.0 Å². The summed E-state index contributed by atoms with van der Waals surface area (Å²) in [7, 11) is 0. The Kier molecular flexibility index (Phi) is 4.56. The summed E-state index contributed by atoms with van der Waals surface area (Å²) in [4.78, 5) is 28.0. The number of likely N-dealkylation sites (tertiary alicyclic amines) is 1. The van der Waals surface area contributed by atoms with Gasteiger partial charge in [-0.15, -0.1) is 11.3 Å². The second-order valence-electron chi connectivity index (χ2n) is 5.83. The van der Waals surface area contributed by atoms with Crippen LogP contribution in [0.5, 0.6) is 6.01 Å². The van der Waals surface area contributed by atoms with Crippen LogP contribution >= 0.6 is 11.3 Å². The predicted molar refractivity (Wildman–Crippen MR) is 87.9 cm³/mol. The molecule has 1 aliphatic heterocycles. The van der Waals surface area contributed by atoms with Crippen LogP contribution in [0.1, 0.15) is 39.6 Å². The maximum atomic E-state index is 12.6. The first-order valence-electron chi connectivity index (χ1n) is 7.71. The molecular weight excluding hydrogens is 312 g/mol. The number of amides is 1. The summed E-state index contributed by atoms with van der Waals surface area (Å²) in [6.07, 6.45) is 1.75. The number of ether oxygens (including phenoxy) is 1. The van der Waals surface area contributed by atoms with Gasteiger partial charge in [-0.05, 0) is 39.7 Å². The number of rotatable bonds is 3. The van der Waals surface area contributed by atoms with Gasteiger partial charge in [-0.25, -0.2) is 15.0 Å². The molecule has 23 heavy (non-hydrogen) atoms. The van der Waals surface area contributed by atoms with E-state index in [9.17, 15) is 4.79 Å². The molecule has 0 radical (unpaired) electrons. The number of carbonyl (C=O) groups is 1. The Balaban J connectivity index is 1.68. The first-order valence-corrected chi connectivity index (χ1v) is 8.59. The predicted octanol–water partition coefficient (Wildman–Crippen LogP) is 2.54. The average molecular weight is 332 g/mol. The summed E-state index contributed by atoms with van der Waals surface area (Å²) in [5.74, 6) is 0.0413. The molecule has 7 heteroatoms. The van der Waals surface area contributed by atoms with Crippen molar-refractivity contribution in [3.63, 3.8) is 0 Å². The first-order chi connectivity index (χ1) is 11.0. The highest BCUT2D eigenvalue weighted by molar-refractivity contribution is 7.11. The number of hydrogen-bond donors (Lipinski definition) is 0. The van der Waals surface area contributed by atoms with Crippen LogP contribution in [0, 0.1) is 20.8 Å². The van der Waals surface area contributed by atoms with Gasteiger partial charge < -0.3 is 9.64 Å². The van der Waals surface area contributed by atoms with Crippen molar-refractivity contribution in [1.29, 1.82) is 0 Å². The van der Waals surface area contributed by atoms with Gasteiger partial charge in [0, 0.05) is 17.9 Å². The third-order valence-corrected chi connectivity index (χ3v) is 4.76. The van der Waals surface area contributed by atoms with Crippen molar-refractivity contribution in [1.82, 2.24) is 19.9 Å². The van der Waals surface area contributed by atoms with Crippen molar-refractivity contribution in [3.05, 3.63) is 33.5 Å². The fourth-order valence-corrected chi connectivity index (χ4v) is 3.53. The summed E-state index contributed by atoms with van der Waals surface area (Å²) in [5, 5.41) is 0. The van der Waals surface area contributed by atoms with E-state index in [1.165, 1.54) is 11.3 Å². The van der Waals surface area contributed by atoms with E-state index in [1.807, 2.05) is 31.7 Å². The second-order valence-corrected chi connectivity index (χ2v) is 6.69. The molecule has 1 saturated heterocycles. The topological polar surface area (TPSA) is 68.2 Å². The average Bonchev–Trinajstić information content (AvgIpc) is 2.92. The van der Waals surface area contributed by atoms with E-state index in [0.29, 0.717) is 17.4 Å². The van der Waals surface area contributed by atoms with Crippen LogP contribution in [0.25, 0.3) is 0 Å². The molecule has 1 aliphatic rings. The lowest BCUT2D eigenvalue weighted by Crippen LogP contribution is -2.44. The van der Waals surface area contributed by atoms with Gasteiger partial charge >= 0.3 is 6.01 Å². The smallest absolute Gasteiger partial charge is 0.317 e. The van der Waals surface area contributed by atoms with Crippen LogP contribution in [0.3, 0.4) is 0 Å². The summed E-state index contributed by atoms with van der Waals surface area (Å²) in [5.41, 5.74) is 4.28. The molecule has 0 aromatic carbocycles. The normalized spacial score (nSPS) is 18.0. The Hall–Kier alpha value is -2.02. The lowest BCUT2D eigenvalue weighted by atomic mass is 10.1. The summed E-state index contributed by atoms with van der Waals surface area (Å²) >= 11 is 1.39. The van der Waals surface area contributed by atoms with Crippen molar-refractivity contribution in [2.45, 2.75) is 39.7 Å². The monoisotopic (exact) mass is 332 g/mol. The van der Waals surface area contributed by atoms with Crippen molar-refractivity contribution in [3.8, 4) is 6.01 Å². The molecule has 3 rings (SSSR count). The van der Waals surface area contributed by atoms with Gasteiger partial charge in [0.1, 0.15) is 11.0 Å². The van der Waals surface area contributed by atoms with E-state index < -0.39 is 0 Å². The largest absolute Gasteiger partial charge is 0.458 e. The zero-order valence-corrected chi connectivity index (χ0v) is 14.4. The zero-order valence-electron chi connectivity index (χ0n) is 13.6. The SMILES string of the molecule is Cc1cc(C)nc(O[C@H]2CCCN(C(=O)c3scnc3C)C2)n1. The molecule has 0 aliphatic carbocycles. The highest BCUT2D eigenvalue weighted by Gasteiger charge is 2.27. The molecular formula is C16H20N4O2S. The van der Waals surface area contributed by atoms with Gasteiger partial charge in [0.05, 0.1) is 17.7 Å². The molecule has 1 atom stereocenters. The minimum absolute atomic E-state index is 0.0413. The van der Waals surface area contributed by atoms with Gasteiger partial charge in [0.25, 0.3) is 5.91 Å². The van der Waals surface area contributed by atoms with E-state index in [0.717, 1.165) is 36.5 Å². The molecule has 0 unspecified atom stereocenters. The maximum Gasteiger partial charge on any atom is 0.317 e. The molecule has 0 spiro atoms. The van der Waals surface area contributed by atoms with E-state index >= 15 is 0 Å². The highest BCUT2D eigenvalue weighted by Crippen LogP contribution is 2.21. The van der Waals surface area contributed by atoms with Gasteiger partial charge in [0.2, 0.25) is 0 Å². The van der Waals surface area contributed by atoms with E-state index in [4.69, 9.17) is 4.74 Å². The second kappa shape index (κ2) is 6.62. The zero-order chi connectivity index (χ0) is 16.4. The van der Waals surface area contributed by atoms with Crippen molar-refractivity contribution < 1.29 is 9.53 Å². The Bertz CT molecular complexity index is 696. The quantitative estimate of drug-likeness (QED) is 0.864. The number of aryl methyl sites for hydroxylation is 3. The minimum atomic E-state index is -0.0675. The molecule has 0 bridgehead atoms. The number of aromatic nitrogens is 3. The first kappa shape index (κ1) is 15.9.